The van der Waals surface area contributed by atoms with Gasteiger partial charge in [-0.25, -0.2) is 0 Å². The van der Waals surface area contributed by atoms with E-state index in [0.29, 0.717) is 0 Å². The van der Waals surface area contributed by atoms with Crippen LogP contribution in [0.3, 0.4) is 0 Å². The molecule has 1 unspecified atom stereocenters. The highest BCUT2D eigenvalue weighted by Crippen LogP contribution is 2.19. The Hall–Kier alpha value is -1.30. The summed E-state index contributed by atoms with van der Waals surface area (Å²) in [6, 6.07) is 1.86. The number of esters is 1. The maximum Gasteiger partial charge on any atom is 0.310 e. The van der Waals surface area contributed by atoms with Gasteiger partial charge in [-0.15, -0.1) is 0 Å². The maximum absolute atomic E-state index is 11.2. The summed E-state index contributed by atoms with van der Waals surface area (Å²) in [6.07, 6.45) is 4.79. The van der Waals surface area contributed by atoms with Crippen molar-refractivity contribution in [3.63, 3.8) is 0 Å². The van der Waals surface area contributed by atoms with E-state index in [1.54, 1.807) is 6.92 Å². The molecule has 0 radical (unpaired) electrons. The molecule has 1 atom stereocenters. The van der Waals surface area contributed by atoms with E-state index in [4.69, 9.17) is 10.00 Å². The van der Waals surface area contributed by atoms with Crippen molar-refractivity contribution in [1.82, 2.24) is 0 Å². The lowest BCUT2D eigenvalue weighted by atomic mass is 10.1. The first-order valence-electron chi connectivity index (χ1n) is 3.99. The topological polar surface area (TPSA) is 50.1 Å². The van der Waals surface area contributed by atoms with Gasteiger partial charge in [-0.2, -0.15) is 5.26 Å². The molecule has 0 aromatic rings. The highest BCUT2D eigenvalue weighted by molar-refractivity contribution is 5.73. The molecular formula is C9H11NO2. The second kappa shape index (κ2) is 3.91. The predicted octanol–water partition coefficient (Wildman–Crippen LogP) is 1.41. The molecule has 3 heteroatoms. The van der Waals surface area contributed by atoms with E-state index in [0.717, 1.165) is 12.8 Å². The molecule has 3 nitrogen and oxygen atoms in total. The number of ether oxygens (including phenoxy) is 1. The van der Waals surface area contributed by atoms with Gasteiger partial charge in [0.1, 0.15) is 6.07 Å². The Morgan fingerprint density at radius 1 is 1.67 bits per heavy atom. The van der Waals surface area contributed by atoms with Gasteiger partial charge in [0, 0.05) is 0 Å². The summed E-state index contributed by atoms with van der Waals surface area (Å²) in [6.45, 7) is 1.57. The third kappa shape index (κ3) is 2.09. The molecule has 0 spiro atoms. The van der Waals surface area contributed by atoms with Gasteiger partial charge in [0.2, 0.25) is 0 Å². The van der Waals surface area contributed by atoms with Gasteiger partial charge >= 0.3 is 5.97 Å². The van der Waals surface area contributed by atoms with Crippen molar-refractivity contribution in [2.45, 2.75) is 25.9 Å². The molecule has 0 aromatic carbocycles. The molecule has 1 aliphatic carbocycles. The molecule has 0 fully saturated rings. The van der Waals surface area contributed by atoms with E-state index in [1.807, 2.05) is 18.2 Å². The molecule has 0 aromatic heterocycles. The van der Waals surface area contributed by atoms with E-state index in [9.17, 15) is 4.79 Å². The zero-order chi connectivity index (χ0) is 8.97. The second-order valence-electron chi connectivity index (χ2n) is 2.85. The number of nitriles is 1. The van der Waals surface area contributed by atoms with E-state index in [2.05, 4.69) is 0 Å². The zero-order valence-electron chi connectivity index (χ0n) is 6.99. The number of hydrogen-bond acceptors (Lipinski definition) is 3. The maximum atomic E-state index is 11.2. The van der Waals surface area contributed by atoms with E-state index in [1.165, 1.54) is 0 Å². The Morgan fingerprint density at radius 3 is 2.75 bits per heavy atom. The summed E-state index contributed by atoms with van der Waals surface area (Å²) in [7, 11) is 0. The molecule has 0 saturated carbocycles. The molecule has 0 amide bonds. The minimum Gasteiger partial charge on any atom is -0.447 e. The minimum atomic E-state index is -0.627. The van der Waals surface area contributed by atoms with Crippen molar-refractivity contribution in [3.8, 4) is 6.07 Å². The molecule has 1 aliphatic rings. The van der Waals surface area contributed by atoms with Crippen LogP contribution in [0.1, 0.15) is 19.8 Å². The highest BCUT2D eigenvalue weighted by atomic mass is 16.5. The number of hydrogen-bond donors (Lipinski definition) is 0. The lowest BCUT2D eigenvalue weighted by Crippen LogP contribution is -2.19. The van der Waals surface area contributed by atoms with Gasteiger partial charge in [0.25, 0.3) is 0 Å². The number of carbonyl (C=O) groups excluding carboxylic acids is 1. The van der Waals surface area contributed by atoms with E-state index < -0.39 is 6.10 Å². The number of rotatable bonds is 2. The highest BCUT2D eigenvalue weighted by Gasteiger charge is 2.22. The Labute approximate surface area is 71.6 Å². The first-order chi connectivity index (χ1) is 5.74. The average Bonchev–Trinajstić information content (AvgIpc) is 2.56. The Kier molecular flexibility index (Phi) is 2.87. The quantitative estimate of drug-likeness (QED) is 0.459. The van der Waals surface area contributed by atoms with Crippen LogP contribution in [0, 0.1) is 17.2 Å². The van der Waals surface area contributed by atoms with Crippen LogP contribution in [0.2, 0.25) is 0 Å². The summed E-state index contributed by atoms with van der Waals surface area (Å²) >= 11 is 0. The largest absolute Gasteiger partial charge is 0.447 e. The molecule has 0 saturated heterocycles. The fourth-order valence-electron chi connectivity index (χ4n) is 1.11. The molecule has 1 rings (SSSR count). The van der Waals surface area contributed by atoms with Gasteiger partial charge in [0.15, 0.2) is 6.10 Å². The fraction of sp³-hybridized carbons (Fsp3) is 0.556. The van der Waals surface area contributed by atoms with Crippen LogP contribution in [0.4, 0.5) is 0 Å². The third-order valence-corrected chi connectivity index (χ3v) is 1.82. The van der Waals surface area contributed by atoms with Crippen LogP contribution < -0.4 is 0 Å². The molecule has 0 heterocycles. The van der Waals surface area contributed by atoms with Crippen LogP contribution in [0.25, 0.3) is 0 Å². The predicted molar refractivity (Wildman–Crippen MR) is 43.0 cm³/mol. The van der Waals surface area contributed by atoms with Crippen LogP contribution >= 0.6 is 0 Å². The summed E-state index contributed by atoms with van der Waals surface area (Å²) in [5.41, 5.74) is 0. The Balaban J connectivity index is 2.34. The summed E-state index contributed by atoms with van der Waals surface area (Å²) in [4.78, 5) is 11.2. The summed E-state index contributed by atoms with van der Waals surface area (Å²) in [5, 5.41) is 8.38. The monoisotopic (exact) mass is 165 g/mol. The van der Waals surface area contributed by atoms with Gasteiger partial charge in [0.05, 0.1) is 5.92 Å². The van der Waals surface area contributed by atoms with Crippen LogP contribution in [0.5, 0.6) is 0 Å². The van der Waals surface area contributed by atoms with Crippen molar-refractivity contribution >= 4 is 5.97 Å². The minimum absolute atomic E-state index is 0.0548. The SMILES string of the molecule is CC(C#N)OC(=O)C1CC=CC1. The summed E-state index contributed by atoms with van der Waals surface area (Å²) in [5.74, 6) is -0.310. The van der Waals surface area contributed by atoms with E-state index >= 15 is 0 Å². The normalized spacial score (nSPS) is 18.7. The lowest BCUT2D eigenvalue weighted by Gasteiger charge is -2.10. The standard InChI is InChI=1S/C9H11NO2/c1-7(6-10)12-9(11)8-4-2-3-5-8/h2-3,7-8H,4-5H2,1H3. The fourth-order valence-corrected chi connectivity index (χ4v) is 1.11. The van der Waals surface area contributed by atoms with Crippen LogP contribution in [0.15, 0.2) is 12.2 Å². The smallest absolute Gasteiger partial charge is 0.310 e. The average molecular weight is 165 g/mol. The van der Waals surface area contributed by atoms with Gasteiger partial charge in [-0.1, -0.05) is 12.2 Å². The van der Waals surface area contributed by atoms with Crippen LogP contribution in [-0.4, -0.2) is 12.1 Å². The number of allylic oxidation sites excluding steroid dienone is 2. The van der Waals surface area contributed by atoms with Crippen molar-refractivity contribution < 1.29 is 9.53 Å². The molecule has 0 aliphatic heterocycles. The molecular weight excluding hydrogens is 154 g/mol. The van der Waals surface area contributed by atoms with Crippen molar-refractivity contribution in [2.24, 2.45) is 5.92 Å². The van der Waals surface area contributed by atoms with Crippen LogP contribution in [-0.2, 0) is 9.53 Å². The molecule has 64 valence electrons. The number of nitrogens with zero attached hydrogens (tertiary/aromatic N) is 1. The molecule has 0 N–H and O–H groups in total. The van der Waals surface area contributed by atoms with Gasteiger partial charge in [-0.05, 0) is 19.8 Å². The van der Waals surface area contributed by atoms with Crippen molar-refractivity contribution in [1.29, 1.82) is 5.26 Å². The Morgan fingerprint density at radius 2 is 2.25 bits per heavy atom. The first kappa shape index (κ1) is 8.79. The Bertz CT molecular complexity index is 231. The second-order valence-corrected chi connectivity index (χ2v) is 2.85. The third-order valence-electron chi connectivity index (χ3n) is 1.82. The van der Waals surface area contributed by atoms with Gasteiger partial charge in [-0.3, -0.25) is 4.79 Å². The molecule has 0 bridgehead atoms. The molecule has 12 heavy (non-hydrogen) atoms. The van der Waals surface area contributed by atoms with E-state index in [-0.39, 0.29) is 11.9 Å². The first-order valence-corrected chi connectivity index (χ1v) is 3.99. The summed E-state index contributed by atoms with van der Waals surface area (Å²) < 4.78 is 4.84. The van der Waals surface area contributed by atoms with Gasteiger partial charge < -0.3 is 4.74 Å². The van der Waals surface area contributed by atoms with Crippen molar-refractivity contribution in [2.75, 3.05) is 0 Å². The lowest BCUT2D eigenvalue weighted by molar-refractivity contribution is -0.150. The zero-order valence-corrected chi connectivity index (χ0v) is 6.99. The number of carbonyl (C=O) groups is 1. The van der Waals surface area contributed by atoms with Crippen molar-refractivity contribution in [3.05, 3.63) is 12.2 Å².